The summed E-state index contributed by atoms with van der Waals surface area (Å²) in [5.41, 5.74) is -0.127. The van der Waals surface area contributed by atoms with Gasteiger partial charge in [0.1, 0.15) is 5.75 Å². The molecule has 2 fully saturated rings. The molecule has 108 valence electrons. The molecule has 1 saturated carbocycles. The maximum Gasteiger partial charge on any atom is 0.494 e. The van der Waals surface area contributed by atoms with Gasteiger partial charge in [-0.1, -0.05) is 6.07 Å². The van der Waals surface area contributed by atoms with E-state index in [1.807, 2.05) is 33.8 Å². The molecule has 20 heavy (non-hydrogen) atoms. The number of aliphatic hydroxyl groups is 1. The van der Waals surface area contributed by atoms with Crippen LogP contribution in [0.5, 0.6) is 5.75 Å². The van der Waals surface area contributed by atoms with E-state index in [0.717, 1.165) is 23.9 Å². The fourth-order valence-corrected chi connectivity index (χ4v) is 2.43. The van der Waals surface area contributed by atoms with Gasteiger partial charge in [0.2, 0.25) is 0 Å². The Morgan fingerprint density at radius 3 is 2.05 bits per heavy atom. The van der Waals surface area contributed by atoms with Crippen LogP contribution in [-0.4, -0.2) is 28.5 Å². The van der Waals surface area contributed by atoms with Gasteiger partial charge in [-0.05, 0) is 63.7 Å². The fraction of sp³-hybridized carbons (Fsp3) is 0.600. The Kier molecular flexibility index (Phi) is 2.78. The maximum atomic E-state index is 10.2. The molecule has 1 aliphatic carbocycles. The van der Waals surface area contributed by atoms with Gasteiger partial charge in [0.05, 0.1) is 16.8 Å². The zero-order valence-corrected chi connectivity index (χ0v) is 12.4. The summed E-state index contributed by atoms with van der Waals surface area (Å²) < 4.78 is 12.0. The molecule has 0 atom stereocenters. The predicted octanol–water partition coefficient (Wildman–Crippen LogP) is 1.67. The van der Waals surface area contributed by atoms with E-state index in [-0.39, 0.29) is 5.75 Å². The van der Waals surface area contributed by atoms with E-state index in [9.17, 15) is 10.2 Å². The summed E-state index contributed by atoms with van der Waals surface area (Å²) in [4.78, 5) is 0. The molecule has 0 unspecified atom stereocenters. The van der Waals surface area contributed by atoms with Crippen LogP contribution in [0.4, 0.5) is 0 Å². The summed E-state index contributed by atoms with van der Waals surface area (Å²) in [5, 5.41) is 20.1. The molecular formula is C15H21BO4. The van der Waals surface area contributed by atoms with Crippen LogP contribution in [0, 0.1) is 0 Å². The van der Waals surface area contributed by atoms with Gasteiger partial charge in [0.25, 0.3) is 0 Å². The molecule has 5 heteroatoms. The molecule has 2 N–H and O–H groups in total. The van der Waals surface area contributed by atoms with Crippen LogP contribution in [0.2, 0.25) is 0 Å². The Morgan fingerprint density at radius 2 is 1.55 bits per heavy atom. The van der Waals surface area contributed by atoms with Crippen molar-refractivity contribution in [1.82, 2.24) is 0 Å². The molecule has 1 saturated heterocycles. The van der Waals surface area contributed by atoms with Gasteiger partial charge in [-0.25, -0.2) is 0 Å². The minimum Gasteiger partial charge on any atom is -0.508 e. The Balaban J connectivity index is 1.94. The molecule has 0 aromatic heterocycles. The SMILES string of the molecule is CC1(C)OB(c2cc(O)cc(C3(O)CC3)c2)OC1(C)C. The molecule has 4 nitrogen and oxygen atoms in total. The van der Waals surface area contributed by atoms with Crippen molar-refractivity contribution in [3.05, 3.63) is 23.8 Å². The zero-order chi connectivity index (χ0) is 14.8. The average Bonchev–Trinajstić information content (AvgIpc) is 3.01. The van der Waals surface area contributed by atoms with Crippen molar-refractivity contribution in [3.63, 3.8) is 0 Å². The van der Waals surface area contributed by atoms with E-state index < -0.39 is 23.9 Å². The quantitative estimate of drug-likeness (QED) is 0.807. The third-order valence-electron chi connectivity index (χ3n) is 4.73. The van der Waals surface area contributed by atoms with Crippen LogP contribution in [0.1, 0.15) is 46.1 Å². The van der Waals surface area contributed by atoms with E-state index in [1.54, 1.807) is 12.1 Å². The van der Waals surface area contributed by atoms with Crippen LogP contribution in [0.25, 0.3) is 0 Å². The number of hydrogen-bond donors (Lipinski definition) is 2. The normalized spacial score (nSPS) is 25.8. The maximum absolute atomic E-state index is 10.2. The fourth-order valence-electron chi connectivity index (χ4n) is 2.43. The highest BCUT2D eigenvalue weighted by molar-refractivity contribution is 6.62. The van der Waals surface area contributed by atoms with Crippen molar-refractivity contribution in [1.29, 1.82) is 0 Å². The Hall–Kier alpha value is -1.04. The molecule has 1 aliphatic heterocycles. The minimum atomic E-state index is -0.781. The Morgan fingerprint density at radius 1 is 1.00 bits per heavy atom. The van der Waals surface area contributed by atoms with E-state index >= 15 is 0 Å². The van der Waals surface area contributed by atoms with E-state index in [0.29, 0.717) is 0 Å². The number of phenolic OH excluding ortho intramolecular Hbond substituents is 1. The molecule has 2 aliphatic rings. The first-order valence-corrected chi connectivity index (χ1v) is 7.05. The highest BCUT2D eigenvalue weighted by Gasteiger charge is 2.52. The first-order chi connectivity index (χ1) is 9.13. The van der Waals surface area contributed by atoms with Crippen molar-refractivity contribution >= 4 is 12.6 Å². The van der Waals surface area contributed by atoms with Crippen LogP contribution < -0.4 is 5.46 Å². The lowest BCUT2D eigenvalue weighted by molar-refractivity contribution is 0.00578. The van der Waals surface area contributed by atoms with Crippen LogP contribution in [0.3, 0.4) is 0 Å². The smallest absolute Gasteiger partial charge is 0.494 e. The summed E-state index contributed by atoms with van der Waals surface area (Å²) in [6.07, 6.45) is 1.47. The highest BCUT2D eigenvalue weighted by atomic mass is 16.7. The Bertz CT molecular complexity index is 533. The van der Waals surface area contributed by atoms with Crippen LogP contribution in [-0.2, 0) is 14.9 Å². The summed E-state index contributed by atoms with van der Waals surface area (Å²) in [7, 11) is -0.520. The molecule has 0 bridgehead atoms. The monoisotopic (exact) mass is 276 g/mol. The van der Waals surface area contributed by atoms with Crippen molar-refractivity contribution in [2.75, 3.05) is 0 Å². The average molecular weight is 276 g/mol. The lowest BCUT2D eigenvalue weighted by atomic mass is 9.77. The van der Waals surface area contributed by atoms with Gasteiger partial charge in [-0.2, -0.15) is 0 Å². The van der Waals surface area contributed by atoms with Gasteiger partial charge in [-0.3, -0.25) is 0 Å². The van der Waals surface area contributed by atoms with Gasteiger partial charge in [0, 0.05) is 0 Å². The lowest BCUT2D eigenvalue weighted by Gasteiger charge is -2.32. The van der Waals surface area contributed by atoms with Gasteiger partial charge >= 0.3 is 7.12 Å². The first kappa shape index (κ1) is 13.9. The largest absolute Gasteiger partial charge is 0.508 e. The minimum absolute atomic E-state index is 0.132. The molecule has 1 aromatic carbocycles. The summed E-state index contributed by atoms with van der Waals surface area (Å²) in [6, 6.07) is 5.12. The van der Waals surface area contributed by atoms with Gasteiger partial charge in [0.15, 0.2) is 0 Å². The van der Waals surface area contributed by atoms with Crippen LogP contribution >= 0.6 is 0 Å². The third kappa shape index (κ3) is 2.14. The van der Waals surface area contributed by atoms with Gasteiger partial charge < -0.3 is 19.5 Å². The predicted molar refractivity (Wildman–Crippen MR) is 77.0 cm³/mol. The van der Waals surface area contributed by atoms with Crippen LogP contribution in [0.15, 0.2) is 18.2 Å². The van der Waals surface area contributed by atoms with E-state index in [1.165, 1.54) is 0 Å². The molecule has 0 radical (unpaired) electrons. The molecule has 1 aromatic rings. The molecule has 1 heterocycles. The second kappa shape index (κ2) is 4.00. The van der Waals surface area contributed by atoms with E-state index in [2.05, 4.69) is 0 Å². The standard InChI is InChI=1S/C15H21BO4/c1-13(2)14(3,4)20-16(19-13)11-7-10(8-12(17)9-11)15(18)5-6-15/h7-9,17-18H,5-6H2,1-4H3. The molecule has 0 amide bonds. The van der Waals surface area contributed by atoms with Crippen molar-refractivity contribution < 1.29 is 19.5 Å². The number of aromatic hydroxyl groups is 1. The topological polar surface area (TPSA) is 58.9 Å². The second-order valence-corrected chi connectivity index (χ2v) is 6.93. The summed E-state index contributed by atoms with van der Waals surface area (Å²) in [5.74, 6) is 0.132. The third-order valence-corrected chi connectivity index (χ3v) is 4.73. The van der Waals surface area contributed by atoms with E-state index in [4.69, 9.17) is 9.31 Å². The van der Waals surface area contributed by atoms with Crippen molar-refractivity contribution in [2.45, 2.75) is 57.3 Å². The number of rotatable bonds is 2. The number of benzene rings is 1. The molecule has 0 spiro atoms. The number of phenols is 1. The number of hydrogen-bond acceptors (Lipinski definition) is 4. The second-order valence-electron chi connectivity index (χ2n) is 6.93. The lowest BCUT2D eigenvalue weighted by Crippen LogP contribution is -2.41. The van der Waals surface area contributed by atoms with Crippen molar-refractivity contribution in [3.8, 4) is 5.75 Å². The Labute approximate surface area is 119 Å². The highest BCUT2D eigenvalue weighted by Crippen LogP contribution is 2.46. The zero-order valence-electron chi connectivity index (χ0n) is 12.4. The molecular weight excluding hydrogens is 255 g/mol. The van der Waals surface area contributed by atoms with Gasteiger partial charge in [-0.15, -0.1) is 0 Å². The summed E-state index contributed by atoms with van der Waals surface area (Å²) >= 11 is 0. The van der Waals surface area contributed by atoms with Crippen molar-refractivity contribution in [2.24, 2.45) is 0 Å². The molecule has 3 rings (SSSR count). The summed E-state index contributed by atoms with van der Waals surface area (Å²) in [6.45, 7) is 7.96. The first-order valence-electron chi connectivity index (χ1n) is 7.05.